The number of carboxylic acid groups (broad SMARTS) is 1. The molecule has 0 fully saturated rings. The predicted octanol–water partition coefficient (Wildman–Crippen LogP) is -1.52. The Balaban J connectivity index is 4.17. The van der Waals surface area contributed by atoms with E-state index in [9.17, 15) is 14.4 Å². The van der Waals surface area contributed by atoms with E-state index >= 15 is 0 Å². The molecule has 0 saturated carbocycles. The predicted molar refractivity (Wildman–Crippen MR) is 55.2 cm³/mol. The Labute approximate surface area is 92.7 Å². The molecular formula is C8H16N4O4. The first kappa shape index (κ1) is 14.2. The van der Waals surface area contributed by atoms with E-state index in [1.807, 2.05) is 0 Å². The third-order valence-corrected chi connectivity index (χ3v) is 1.61. The van der Waals surface area contributed by atoms with E-state index in [0.717, 1.165) is 0 Å². The maximum atomic E-state index is 11.2. The number of aliphatic carboxylic acids is 1. The minimum Gasteiger partial charge on any atom is -0.480 e. The smallest absolute Gasteiger partial charge is 0.330 e. The summed E-state index contributed by atoms with van der Waals surface area (Å²) in [6.45, 7) is 0. The van der Waals surface area contributed by atoms with Crippen molar-refractivity contribution in [3.05, 3.63) is 0 Å². The fourth-order valence-corrected chi connectivity index (χ4v) is 0.938. The van der Waals surface area contributed by atoms with Gasteiger partial charge in [0.05, 0.1) is 0 Å². The number of carbonyl (C=O) groups excluding carboxylic acids is 2. The molecule has 0 aliphatic heterocycles. The number of hydrazine groups is 1. The van der Waals surface area contributed by atoms with Crippen LogP contribution in [0.4, 0.5) is 4.79 Å². The molecular weight excluding hydrogens is 216 g/mol. The van der Waals surface area contributed by atoms with Crippen molar-refractivity contribution in [3.8, 4) is 0 Å². The van der Waals surface area contributed by atoms with E-state index in [0.29, 0.717) is 0 Å². The summed E-state index contributed by atoms with van der Waals surface area (Å²) in [5.74, 6) is -1.82. The van der Waals surface area contributed by atoms with Crippen LogP contribution < -0.4 is 16.5 Å². The van der Waals surface area contributed by atoms with Crippen LogP contribution in [0.3, 0.4) is 0 Å². The van der Waals surface area contributed by atoms with Crippen molar-refractivity contribution in [2.75, 3.05) is 14.1 Å². The van der Waals surface area contributed by atoms with Crippen molar-refractivity contribution in [3.63, 3.8) is 0 Å². The third kappa shape index (κ3) is 6.60. The lowest BCUT2D eigenvalue weighted by atomic mass is 10.1. The quantitative estimate of drug-likeness (QED) is 0.414. The third-order valence-electron chi connectivity index (χ3n) is 1.61. The largest absolute Gasteiger partial charge is 0.480 e. The molecule has 3 amide bonds. The molecule has 1 atom stereocenters. The van der Waals surface area contributed by atoms with E-state index in [4.69, 9.17) is 10.8 Å². The van der Waals surface area contributed by atoms with Crippen molar-refractivity contribution < 1.29 is 19.5 Å². The van der Waals surface area contributed by atoms with Crippen molar-refractivity contribution in [1.29, 1.82) is 0 Å². The standard InChI is InChI=1S/C8H16N4O4/c1-12(2)11-8(16)10-5(7(14)15)3-4-6(9)13/h5H,3-4H2,1-2H3,(H2,9,13)(H,14,15)(H2,10,11,16)/t5-/m0/s1. The van der Waals surface area contributed by atoms with Crippen molar-refractivity contribution in [2.45, 2.75) is 18.9 Å². The van der Waals surface area contributed by atoms with Gasteiger partial charge in [0, 0.05) is 20.5 Å². The van der Waals surface area contributed by atoms with Gasteiger partial charge < -0.3 is 16.2 Å². The van der Waals surface area contributed by atoms with Gasteiger partial charge in [0.1, 0.15) is 6.04 Å². The number of hydrogen-bond acceptors (Lipinski definition) is 4. The summed E-state index contributed by atoms with van der Waals surface area (Å²) in [5.41, 5.74) is 7.20. The lowest BCUT2D eigenvalue weighted by Crippen LogP contribution is -2.50. The van der Waals surface area contributed by atoms with Gasteiger partial charge in [-0.25, -0.2) is 14.6 Å². The molecule has 0 aromatic heterocycles. The average Bonchev–Trinajstić information content (AvgIpc) is 2.09. The zero-order valence-corrected chi connectivity index (χ0v) is 9.19. The van der Waals surface area contributed by atoms with Crippen LogP contribution >= 0.6 is 0 Å². The SMILES string of the molecule is CN(C)NC(=O)N[C@@H](CCC(N)=O)C(=O)O. The van der Waals surface area contributed by atoms with E-state index in [-0.39, 0.29) is 12.8 Å². The molecule has 0 radical (unpaired) electrons. The highest BCUT2D eigenvalue weighted by molar-refractivity contribution is 5.83. The van der Waals surface area contributed by atoms with Crippen LogP contribution in [0.2, 0.25) is 0 Å². The summed E-state index contributed by atoms with van der Waals surface area (Å²) < 4.78 is 0. The van der Waals surface area contributed by atoms with Gasteiger partial charge in [-0.1, -0.05) is 0 Å². The number of amides is 3. The van der Waals surface area contributed by atoms with Crippen LogP contribution in [0.1, 0.15) is 12.8 Å². The van der Waals surface area contributed by atoms with E-state index in [2.05, 4.69) is 10.7 Å². The number of carbonyl (C=O) groups is 3. The van der Waals surface area contributed by atoms with E-state index < -0.39 is 23.9 Å². The molecule has 0 bridgehead atoms. The number of nitrogens with one attached hydrogen (secondary N) is 2. The number of nitrogens with two attached hydrogens (primary N) is 1. The molecule has 0 rings (SSSR count). The maximum Gasteiger partial charge on any atom is 0.330 e. The van der Waals surface area contributed by atoms with Crippen LogP contribution in [0.25, 0.3) is 0 Å². The summed E-state index contributed by atoms with van der Waals surface area (Å²) in [6.07, 6.45) is -0.134. The fourth-order valence-electron chi connectivity index (χ4n) is 0.938. The molecule has 0 aromatic rings. The summed E-state index contributed by atoms with van der Waals surface area (Å²) in [4.78, 5) is 32.4. The second-order valence-corrected chi connectivity index (χ2v) is 3.38. The minimum atomic E-state index is -1.21. The van der Waals surface area contributed by atoms with Crippen LogP contribution in [0.5, 0.6) is 0 Å². The van der Waals surface area contributed by atoms with Crippen LogP contribution in [-0.2, 0) is 9.59 Å². The normalized spacial score (nSPS) is 11.9. The van der Waals surface area contributed by atoms with Gasteiger partial charge in [-0.05, 0) is 6.42 Å². The molecule has 8 heteroatoms. The first-order chi connectivity index (χ1) is 7.32. The second kappa shape index (κ2) is 6.62. The molecule has 5 N–H and O–H groups in total. The number of hydrogen-bond donors (Lipinski definition) is 4. The Bertz CT molecular complexity index is 279. The molecule has 0 unspecified atom stereocenters. The van der Waals surface area contributed by atoms with Crippen LogP contribution in [-0.4, -0.2) is 48.2 Å². The zero-order valence-electron chi connectivity index (χ0n) is 9.19. The first-order valence-corrected chi connectivity index (χ1v) is 4.58. The minimum absolute atomic E-state index is 0.0362. The van der Waals surface area contributed by atoms with Crippen molar-refractivity contribution >= 4 is 17.9 Å². The highest BCUT2D eigenvalue weighted by Crippen LogP contribution is 1.97. The summed E-state index contributed by atoms with van der Waals surface area (Å²) in [6, 6.07) is -1.78. The van der Waals surface area contributed by atoms with Gasteiger partial charge >= 0.3 is 12.0 Å². The molecule has 0 aliphatic rings. The summed E-state index contributed by atoms with van der Waals surface area (Å²) >= 11 is 0. The fraction of sp³-hybridized carbons (Fsp3) is 0.625. The number of nitrogens with zero attached hydrogens (tertiary/aromatic N) is 1. The molecule has 0 aliphatic carbocycles. The Morgan fingerprint density at radius 2 is 1.94 bits per heavy atom. The van der Waals surface area contributed by atoms with Gasteiger partial charge in [-0.2, -0.15) is 0 Å². The number of rotatable bonds is 6. The average molecular weight is 232 g/mol. The highest BCUT2D eigenvalue weighted by atomic mass is 16.4. The van der Waals surface area contributed by atoms with Gasteiger partial charge in [0.15, 0.2) is 0 Å². The Hall–Kier alpha value is -1.83. The Morgan fingerprint density at radius 3 is 2.31 bits per heavy atom. The molecule has 0 spiro atoms. The second-order valence-electron chi connectivity index (χ2n) is 3.38. The van der Waals surface area contributed by atoms with Crippen LogP contribution in [0.15, 0.2) is 0 Å². The topological polar surface area (TPSA) is 125 Å². The van der Waals surface area contributed by atoms with Crippen molar-refractivity contribution in [2.24, 2.45) is 5.73 Å². The molecule has 92 valence electrons. The van der Waals surface area contributed by atoms with Gasteiger partial charge in [0.2, 0.25) is 5.91 Å². The molecule has 8 nitrogen and oxygen atoms in total. The van der Waals surface area contributed by atoms with E-state index in [1.165, 1.54) is 5.01 Å². The number of urea groups is 1. The first-order valence-electron chi connectivity index (χ1n) is 4.58. The van der Waals surface area contributed by atoms with Crippen LogP contribution in [0, 0.1) is 0 Å². The lowest BCUT2D eigenvalue weighted by molar-refractivity contribution is -0.139. The van der Waals surface area contributed by atoms with Gasteiger partial charge in [-0.3, -0.25) is 10.2 Å². The molecule has 16 heavy (non-hydrogen) atoms. The zero-order chi connectivity index (χ0) is 12.7. The molecule has 0 aromatic carbocycles. The maximum absolute atomic E-state index is 11.2. The summed E-state index contributed by atoms with van der Waals surface area (Å²) in [7, 11) is 3.16. The Kier molecular flexibility index (Phi) is 5.86. The Morgan fingerprint density at radius 1 is 1.38 bits per heavy atom. The number of carboxylic acids is 1. The van der Waals surface area contributed by atoms with Crippen molar-refractivity contribution in [1.82, 2.24) is 15.8 Å². The monoisotopic (exact) mass is 232 g/mol. The van der Waals surface area contributed by atoms with Gasteiger partial charge in [-0.15, -0.1) is 0 Å². The van der Waals surface area contributed by atoms with E-state index in [1.54, 1.807) is 14.1 Å². The highest BCUT2D eigenvalue weighted by Gasteiger charge is 2.20. The molecule has 0 heterocycles. The number of primary amides is 1. The lowest BCUT2D eigenvalue weighted by Gasteiger charge is -2.17. The van der Waals surface area contributed by atoms with Gasteiger partial charge in [0.25, 0.3) is 0 Å². The summed E-state index contributed by atoms with van der Waals surface area (Å²) in [5, 5.41) is 12.3. The molecule has 0 saturated heterocycles.